The Balaban J connectivity index is 1.67. The molecule has 0 aliphatic carbocycles. The van der Waals surface area contributed by atoms with Crippen LogP contribution in [0.15, 0.2) is 30.3 Å². The minimum Gasteiger partial charge on any atom is -0.376 e. The Bertz CT molecular complexity index is 715. The molecule has 1 amide bonds. The number of benzene rings is 1. The van der Waals surface area contributed by atoms with E-state index in [4.69, 9.17) is 4.74 Å². The standard InChI is InChI=1S/C17H19FN4O2/c1-11-20-15(17(23)22-13-6-4-12(18)5-7-13)9-16(21-11)19-10-14-3-2-8-24-14/h4-7,9,14H,2-3,8,10H2,1H3,(H,22,23)(H,19,20,21). The third-order valence-corrected chi connectivity index (χ3v) is 3.71. The summed E-state index contributed by atoms with van der Waals surface area (Å²) >= 11 is 0. The molecule has 1 saturated heterocycles. The quantitative estimate of drug-likeness (QED) is 0.881. The summed E-state index contributed by atoms with van der Waals surface area (Å²) in [6.45, 7) is 3.17. The van der Waals surface area contributed by atoms with E-state index in [1.807, 2.05) is 0 Å². The van der Waals surface area contributed by atoms with Gasteiger partial charge >= 0.3 is 0 Å². The van der Waals surface area contributed by atoms with Crippen molar-refractivity contribution in [2.45, 2.75) is 25.9 Å². The van der Waals surface area contributed by atoms with Gasteiger partial charge in [0.1, 0.15) is 23.2 Å². The monoisotopic (exact) mass is 330 g/mol. The molecule has 2 N–H and O–H groups in total. The van der Waals surface area contributed by atoms with Gasteiger partial charge in [0.25, 0.3) is 5.91 Å². The van der Waals surface area contributed by atoms with Gasteiger partial charge in [0.15, 0.2) is 0 Å². The van der Waals surface area contributed by atoms with Gasteiger partial charge < -0.3 is 15.4 Å². The summed E-state index contributed by atoms with van der Waals surface area (Å²) in [4.78, 5) is 20.8. The van der Waals surface area contributed by atoms with Gasteiger partial charge in [-0.05, 0) is 44.0 Å². The SMILES string of the molecule is Cc1nc(NCC2CCCO2)cc(C(=O)Nc2ccc(F)cc2)n1. The lowest BCUT2D eigenvalue weighted by molar-refractivity contribution is 0.102. The molecule has 3 rings (SSSR count). The van der Waals surface area contributed by atoms with Gasteiger partial charge in [-0.2, -0.15) is 0 Å². The summed E-state index contributed by atoms with van der Waals surface area (Å²) in [6.07, 6.45) is 2.27. The van der Waals surface area contributed by atoms with Crippen molar-refractivity contribution in [1.82, 2.24) is 9.97 Å². The minimum absolute atomic E-state index is 0.178. The first-order valence-electron chi connectivity index (χ1n) is 7.88. The lowest BCUT2D eigenvalue weighted by Crippen LogP contribution is -2.20. The molecule has 2 heterocycles. The van der Waals surface area contributed by atoms with Crippen LogP contribution in [0.2, 0.25) is 0 Å². The van der Waals surface area contributed by atoms with Gasteiger partial charge in [-0.3, -0.25) is 4.79 Å². The fourth-order valence-electron chi connectivity index (χ4n) is 2.53. The molecule has 126 valence electrons. The van der Waals surface area contributed by atoms with Crippen molar-refractivity contribution < 1.29 is 13.9 Å². The number of nitrogens with zero attached hydrogens (tertiary/aromatic N) is 2. The number of anilines is 2. The summed E-state index contributed by atoms with van der Waals surface area (Å²) in [5.41, 5.74) is 0.758. The highest BCUT2D eigenvalue weighted by Gasteiger charge is 2.16. The average molecular weight is 330 g/mol. The fraction of sp³-hybridized carbons (Fsp3) is 0.353. The normalized spacial score (nSPS) is 16.8. The minimum atomic E-state index is -0.368. The lowest BCUT2D eigenvalue weighted by Gasteiger charge is -2.12. The molecule has 1 aromatic carbocycles. The molecular weight excluding hydrogens is 311 g/mol. The second-order valence-electron chi connectivity index (χ2n) is 5.66. The van der Waals surface area contributed by atoms with Crippen molar-refractivity contribution in [2.75, 3.05) is 23.8 Å². The predicted octanol–water partition coefficient (Wildman–Crippen LogP) is 2.77. The molecule has 7 heteroatoms. The smallest absolute Gasteiger partial charge is 0.274 e. The molecule has 1 aliphatic rings. The summed E-state index contributed by atoms with van der Waals surface area (Å²) in [5, 5.41) is 5.88. The number of carbonyl (C=O) groups excluding carboxylic acids is 1. The number of rotatable bonds is 5. The summed E-state index contributed by atoms with van der Waals surface area (Å²) < 4.78 is 18.5. The second-order valence-corrected chi connectivity index (χ2v) is 5.66. The Kier molecular flexibility index (Phi) is 5.00. The van der Waals surface area contributed by atoms with Crippen molar-refractivity contribution in [1.29, 1.82) is 0 Å². The van der Waals surface area contributed by atoms with Crippen molar-refractivity contribution >= 4 is 17.4 Å². The van der Waals surface area contributed by atoms with Gasteiger partial charge in [0.2, 0.25) is 0 Å². The molecule has 1 atom stereocenters. The van der Waals surface area contributed by atoms with Crippen LogP contribution >= 0.6 is 0 Å². The highest BCUT2D eigenvalue weighted by atomic mass is 19.1. The third-order valence-electron chi connectivity index (χ3n) is 3.71. The first-order chi connectivity index (χ1) is 11.6. The molecule has 6 nitrogen and oxygen atoms in total. The maximum absolute atomic E-state index is 12.9. The molecule has 1 fully saturated rings. The Hall–Kier alpha value is -2.54. The van der Waals surface area contributed by atoms with E-state index in [0.717, 1.165) is 19.4 Å². The number of nitrogens with one attached hydrogen (secondary N) is 2. The second kappa shape index (κ2) is 7.35. The third kappa shape index (κ3) is 4.26. The highest BCUT2D eigenvalue weighted by molar-refractivity contribution is 6.03. The molecule has 0 saturated carbocycles. The fourth-order valence-corrected chi connectivity index (χ4v) is 2.53. The topological polar surface area (TPSA) is 76.1 Å². The number of aryl methyl sites for hydroxylation is 1. The van der Waals surface area contributed by atoms with E-state index < -0.39 is 0 Å². The Morgan fingerprint density at radius 3 is 2.83 bits per heavy atom. The van der Waals surface area contributed by atoms with Crippen LogP contribution in [-0.4, -0.2) is 35.1 Å². The summed E-state index contributed by atoms with van der Waals surface area (Å²) in [7, 11) is 0. The van der Waals surface area contributed by atoms with Crippen LogP contribution in [0.1, 0.15) is 29.2 Å². The first-order valence-corrected chi connectivity index (χ1v) is 7.88. The van der Waals surface area contributed by atoms with E-state index in [-0.39, 0.29) is 23.5 Å². The van der Waals surface area contributed by atoms with Crippen molar-refractivity contribution in [3.63, 3.8) is 0 Å². The molecule has 1 aliphatic heterocycles. The van der Waals surface area contributed by atoms with Gasteiger partial charge in [0.05, 0.1) is 6.10 Å². The van der Waals surface area contributed by atoms with Crippen molar-refractivity contribution in [2.24, 2.45) is 0 Å². The zero-order valence-electron chi connectivity index (χ0n) is 13.4. The van der Waals surface area contributed by atoms with Gasteiger partial charge in [0, 0.05) is 24.9 Å². The number of hydrogen-bond acceptors (Lipinski definition) is 5. The molecule has 0 spiro atoms. The van der Waals surface area contributed by atoms with Crippen molar-refractivity contribution in [3.8, 4) is 0 Å². The van der Waals surface area contributed by atoms with E-state index in [2.05, 4.69) is 20.6 Å². The molecule has 0 bridgehead atoms. The predicted molar refractivity (Wildman–Crippen MR) is 88.6 cm³/mol. The Morgan fingerprint density at radius 2 is 2.12 bits per heavy atom. The van der Waals surface area contributed by atoms with Crippen LogP contribution < -0.4 is 10.6 Å². The number of amides is 1. The molecule has 1 aromatic heterocycles. The van der Waals surface area contributed by atoms with Gasteiger partial charge in [-0.15, -0.1) is 0 Å². The molecular formula is C17H19FN4O2. The van der Waals surface area contributed by atoms with E-state index in [1.54, 1.807) is 13.0 Å². The van der Waals surface area contributed by atoms with E-state index in [0.29, 0.717) is 23.9 Å². The maximum Gasteiger partial charge on any atom is 0.274 e. The van der Waals surface area contributed by atoms with Gasteiger partial charge in [-0.1, -0.05) is 0 Å². The lowest BCUT2D eigenvalue weighted by atomic mass is 10.2. The average Bonchev–Trinajstić information content (AvgIpc) is 3.08. The number of hydrogen-bond donors (Lipinski definition) is 2. The van der Waals surface area contributed by atoms with Crippen LogP contribution in [0.4, 0.5) is 15.9 Å². The van der Waals surface area contributed by atoms with E-state index >= 15 is 0 Å². The molecule has 0 radical (unpaired) electrons. The molecule has 24 heavy (non-hydrogen) atoms. The molecule has 2 aromatic rings. The number of carbonyl (C=O) groups is 1. The zero-order valence-corrected chi connectivity index (χ0v) is 13.4. The van der Waals surface area contributed by atoms with Crippen LogP contribution in [0.25, 0.3) is 0 Å². The summed E-state index contributed by atoms with van der Waals surface area (Å²) in [6, 6.07) is 7.17. The van der Waals surface area contributed by atoms with Crippen LogP contribution in [-0.2, 0) is 4.74 Å². The van der Waals surface area contributed by atoms with Crippen LogP contribution in [0.5, 0.6) is 0 Å². The zero-order chi connectivity index (χ0) is 16.9. The summed E-state index contributed by atoms with van der Waals surface area (Å²) in [5.74, 6) is 0.359. The van der Waals surface area contributed by atoms with Gasteiger partial charge in [-0.25, -0.2) is 14.4 Å². The van der Waals surface area contributed by atoms with E-state index in [9.17, 15) is 9.18 Å². The number of ether oxygens (including phenoxy) is 1. The Labute approximate surface area is 139 Å². The number of halogens is 1. The van der Waals surface area contributed by atoms with E-state index in [1.165, 1.54) is 24.3 Å². The Morgan fingerprint density at radius 1 is 1.33 bits per heavy atom. The highest BCUT2D eigenvalue weighted by Crippen LogP contribution is 2.15. The first kappa shape index (κ1) is 16.3. The van der Waals surface area contributed by atoms with Crippen molar-refractivity contribution in [3.05, 3.63) is 47.7 Å². The maximum atomic E-state index is 12.9. The largest absolute Gasteiger partial charge is 0.376 e. The molecule has 1 unspecified atom stereocenters. The van der Waals surface area contributed by atoms with Crippen LogP contribution in [0.3, 0.4) is 0 Å². The number of aromatic nitrogens is 2. The van der Waals surface area contributed by atoms with Crippen LogP contribution in [0, 0.1) is 12.7 Å².